The molecule has 1 fully saturated rings. The van der Waals surface area contributed by atoms with Crippen molar-refractivity contribution in [3.8, 4) is 11.5 Å². The van der Waals surface area contributed by atoms with Crippen LogP contribution >= 0.6 is 0 Å². The van der Waals surface area contributed by atoms with Gasteiger partial charge in [-0.1, -0.05) is 19.3 Å². The Bertz CT molecular complexity index is 567. The summed E-state index contributed by atoms with van der Waals surface area (Å²) >= 11 is 0. The highest BCUT2D eigenvalue weighted by atomic mass is 16.5. The van der Waals surface area contributed by atoms with E-state index in [9.17, 15) is 9.59 Å². The molecule has 0 radical (unpaired) electrons. The smallest absolute Gasteiger partial charge is 0.325 e. The fourth-order valence-corrected chi connectivity index (χ4v) is 2.85. The molecule has 0 saturated heterocycles. The summed E-state index contributed by atoms with van der Waals surface area (Å²) in [5, 5.41) is 2.57. The number of rotatable bonds is 7. The minimum absolute atomic E-state index is 0.139. The van der Waals surface area contributed by atoms with Gasteiger partial charge in [0.1, 0.15) is 6.54 Å². The molecule has 0 aromatic heterocycles. The van der Waals surface area contributed by atoms with Crippen LogP contribution < -0.4 is 14.8 Å². The summed E-state index contributed by atoms with van der Waals surface area (Å²) in [5.74, 6) is 0.704. The maximum atomic E-state index is 12.1. The Morgan fingerprint density at radius 2 is 1.79 bits per heavy atom. The van der Waals surface area contributed by atoms with Gasteiger partial charge in [-0.15, -0.1) is 0 Å². The minimum Gasteiger partial charge on any atom is -0.493 e. The molecule has 0 bridgehead atoms. The van der Waals surface area contributed by atoms with E-state index in [-0.39, 0.29) is 12.5 Å². The maximum absolute atomic E-state index is 12.1. The van der Waals surface area contributed by atoms with E-state index in [0.29, 0.717) is 29.6 Å². The summed E-state index contributed by atoms with van der Waals surface area (Å²) in [6.07, 6.45) is 5.92. The van der Waals surface area contributed by atoms with Crippen molar-refractivity contribution < 1.29 is 23.8 Å². The second kappa shape index (κ2) is 9.15. The van der Waals surface area contributed by atoms with E-state index in [0.717, 1.165) is 12.8 Å². The van der Waals surface area contributed by atoms with Crippen molar-refractivity contribution in [2.24, 2.45) is 5.92 Å². The van der Waals surface area contributed by atoms with Crippen LogP contribution in [0.5, 0.6) is 11.5 Å². The number of benzene rings is 1. The Hall–Kier alpha value is -2.24. The number of hydrogen-bond donors (Lipinski definition) is 1. The molecule has 1 saturated carbocycles. The van der Waals surface area contributed by atoms with E-state index in [1.165, 1.54) is 33.5 Å². The molecule has 0 aliphatic heterocycles. The number of ether oxygens (including phenoxy) is 3. The van der Waals surface area contributed by atoms with Crippen molar-refractivity contribution in [3.05, 3.63) is 23.8 Å². The molecule has 0 atom stereocenters. The van der Waals surface area contributed by atoms with Gasteiger partial charge in [0.25, 0.3) is 5.91 Å². The summed E-state index contributed by atoms with van der Waals surface area (Å²) in [6, 6.07) is 4.83. The van der Waals surface area contributed by atoms with Crippen LogP contribution in [0.4, 0.5) is 0 Å². The predicted octanol–water partition coefficient (Wildman–Crippen LogP) is 2.56. The molecule has 1 N–H and O–H groups in total. The van der Waals surface area contributed by atoms with Crippen LogP contribution in [0, 0.1) is 5.92 Å². The number of carbonyl (C=O) groups excluding carboxylic acids is 2. The first-order chi connectivity index (χ1) is 11.6. The zero-order valence-electron chi connectivity index (χ0n) is 14.3. The van der Waals surface area contributed by atoms with Gasteiger partial charge in [0.2, 0.25) is 0 Å². The molecule has 1 amide bonds. The van der Waals surface area contributed by atoms with Crippen molar-refractivity contribution in [2.75, 3.05) is 27.4 Å². The van der Waals surface area contributed by atoms with Crippen LogP contribution in [-0.2, 0) is 9.53 Å². The lowest BCUT2D eigenvalue weighted by atomic mass is 9.90. The normalized spacial score (nSPS) is 14.8. The largest absolute Gasteiger partial charge is 0.493 e. The fourth-order valence-electron chi connectivity index (χ4n) is 2.85. The van der Waals surface area contributed by atoms with Crippen LogP contribution in [-0.4, -0.2) is 39.2 Å². The lowest BCUT2D eigenvalue weighted by Crippen LogP contribution is -2.31. The van der Waals surface area contributed by atoms with Crippen molar-refractivity contribution in [1.82, 2.24) is 5.32 Å². The Kier molecular flexibility index (Phi) is 6.90. The molecule has 6 nitrogen and oxygen atoms in total. The molecule has 0 spiro atoms. The second-order valence-electron chi connectivity index (χ2n) is 5.94. The molecule has 6 heteroatoms. The average Bonchev–Trinajstić information content (AvgIpc) is 2.64. The second-order valence-corrected chi connectivity index (χ2v) is 5.94. The lowest BCUT2D eigenvalue weighted by Gasteiger charge is -2.21. The summed E-state index contributed by atoms with van der Waals surface area (Å²) in [5.41, 5.74) is 0.396. The third-order valence-corrected chi connectivity index (χ3v) is 4.24. The topological polar surface area (TPSA) is 73.9 Å². The lowest BCUT2D eigenvalue weighted by molar-refractivity contribution is -0.144. The Labute approximate surface area is 142 Å². The van der Waals surface area contributed by atoms with Crippen molar-refractivity contribution in [1.29, 1.82) is 0 Å². The van der Waals surface area contributed by atoms with E-state index in [2.05, 4.69) is 5.32 Å². The van der Waals surface area contributed by atoms with Gasteiger partial charge in [-0.25, -0.2) is 0 Å². The maximum Gasteiger partial charge on any atom is 0.325 e. The number of hydrogen-bond acceptors (Lipinski definition) is 5. The minimum atomic E-state index is -0.408. The Balaban J connectivity index is 1.78. The number of carbonyl (C=O) groups is 2. The first kappa shape index (κ1) is 18.1. The predicted molar refractivity (Wildman–Crippen MR) is 89.4 cm³/mol. The van der Waals surface area contributed by atoms with Gasteiger partial charge in [0, 0.05) is 5.56 Å². The SMILES string of the molecule is COc1ccc(C(=O)NCC(=O)OCC2CCCCC2)cc1OC. The first-order valence-electron chi connectivity index (χ1n) is 8.30. The molecule has 1 aliphatic rings. The van der Waals surface area contributed by atoms with Crippen molar-refractivity contribution in [3.63, 3.8) is 0 Å². The van der Waals surface area contributed by atoms with E-state index < -0.39 is 5.97 Å². The molecule has 0 unspecified atom stereocenters. The Morgan fingerprint density at radius 3 is 2.46 bits per heavy atom. The van der Waals surface area contributed by atoms with Crippen molar-refractivity contribution >= 4 is 11.9 Å². The molecule has 0 heterocycles. The molecular formula is C18H25NO5. The molecule has 24 heavy (non-hydrogen) atoms. The van der Waals surface area contributed by atoms with Crippen LogP contribution in [0.2, 0.25) is 0 Å². The van der Waals surface area contributed by atoms with Gasteiger partial charge < -0.3 is 19.5 Å². The van der Waals surface area contributed by atoms with Crippen LogP contribution in [0.15, 0.2) is 18.2 Å². The van der Waals surface area contributed by atoms with E-state index in [1.807, 2.05) is 0 Å². The van der Waals surface area contributed by atoms with Gasteiger partial charge >= 0.3 is 5.97 Å². The van der Waals surface area contributed by atoms with Crippen molar-refractivity contribution in [2.45, 2.75) is 32.1 Å². The Morgan fingerprint density at radius 1 is 1.08 bits per heavy atom. The van der Waals surface area contributed by atoms with E-state index >= 15 is 0 Å². The van der Waals surface area contributed by atoms with E-state index in [1.54, 1.807) is 18.2 Å². The quantitative estimate of drug-likeness (QED) is 0.775. The standard InChI is InChI=1S/C18H25NO5/c1-22-15-9-8-14(10-16(15)23-2)18(21)19-11-17(20)24-12-13-6-4-3-5-7-13/h8-10,13H,3-7,11-12H2,1-2H3,(H,19,21). The molecule has 1 aliphatic carbocycles. The van der Waals surface area contributed by atoms with Gasteiger partial charge in [-0.2, -0.15) is 0 Å². The van der Waals surface area contributed by atoms with Gasteiger partial charge in [0.15, 0.2) is 11.5 Å². The van der Waals surface area contributed by atoms with Crippen LogP contribution in [0.1, 0.15) is 42.5 Å². The van der Waals surface area contributed by atoms with Gasteiger partial charge in [-0.3, -0.25) is 9.59 Å². The summed E-state index contributed by atoms with van der Waals surface area (Å²) in [7, 11) is 3.03. The van der Waals surface area contributed by atoms with Crippen LogP contribution in [0.3, 0.4) is 0 Å². The third-order valence-electron chi connectivity index (χ3n) is 4.24. The zero-order valence-corrected chi connectivity index (χ0v) is 14.3. The number of methoxy groups -OCH3 is 2. The third kappa shape index (κ3) is 5.15. The highest BCUT2D eigenvalue weighted by Crippen LogP contribution is 2.27. The summed E-state index contributed by atoms with van der Waals surface area (Å²) in [4.78, 5) is 23.9. The molecule has 1 aromatic carbocycles. The monoisotopic (exact) mass is 335 g/mol. The highest BCUT2D eigenvalue weighted by Gasteiger charge is 2.16. The molecule has 1 aromatic rings. The van der Waals surface area contributed by atoms with E-state index in [4.69, 9.17) is 14.2 Å². The summed E-state index contributed by atoms with van der Waals surface area (Å²) in [6.45, 7) is 0.310. The number of amides is 1. The van der Waals surface area contributed by atoms with Crippen LogP contribution in [0.25, 0.3) is 0 Å². The molecule has 132 valence electrons. The average molecular weight is 335 g/mol. The first-order valence-corrected chi connectivity index (χ1v) is 8.30. The zero-order chi connectivity index (χ0) is 17.4. The molecule has 2 rings (SSSR count). The number of esters is 1. The summed E-state index contributed by atoms with van der Waals surface area (Å²) < 4.78 is 15.5. The van der Waals surface area contributed by atoms with Gasteiger partial charge in [-0.05, 0) is 37.0 Å². The van der Waals surface area contributed by atoms with Gasteiger partial charge in [0.05, 0.1) is 20.8 Å². The molecular weight excluding hydrogens is 310 g/mol. The fraction of sp³-hybridized carbons (Fsp3) is 0.556. The highest BCUT2D eigenvalue weighted by molar-refractivity contribution is 5.96. The number of nitrogens with one attached hydrogen (secondary N) is 1.